The van der Waals surface area contributed by atoms with Gasteiger partial charge in [-0.2, -0.15) is 0 Å². The highest BCUT2D eigenvalue weighted by Crippen LogP contribution is 2.38. The molecule has 114 valence electrons. The number of aldehydes is 1. The smallest absolute Gasteiger partial charge is 0.270 e. The topological polar surface area (TPSA) is 37.4 Å². The molecule has 6 heteroatoms. The van der Waals surface area contributed by atoms with Crippen molar-refractivity contribution < 1.29 is 9.59 Å². The SMILES string of the molecule is O=Cc1ccc(/C=C2\SC(=S)N(c3ccccc3Cl)C2=O)cc1. The molecule has 0 radical (unpaired) electrons. The molecule has 1 fully saturated rings. The monoisotopic (exact) mass is 359 g/mol. The molecule has 3 nitrogen and oxygen atoms in total. The maximum absolute atomic E-state index is 12.6. The number of nitrogens with zero attached hydrogens (tertiary/aromatic N) is 1. The number of rotatable bonds is 3. The summed E-state index contributed by atoms with van der Waals surface area (Å²) in [6.45, 7) is 0. The summed E-state index contributed by atoms with van der Waals surface area (Å²) in [5.74, 6) is -0.201. The fourth-order valence-corrected chi connectivity index (χ4v) is 3.64. The molecule has 1 amide bonds. The Balaban J connectivity index is 1.93. The predicted octanol–water partition coefficient (Wildman–Crippen LogP) is 4.56. The minimum absolute atomic E-state index is 0.201. The highest BCUT2D eigenvalue weighted by atomic mass is 35.5. The largest absolute Gasteiger partial charge is 0.298 e. The van der Waals surface area contributed by atoms with Crippen LogP contribution in [-0.4, -0.2) is 16.5 Å². The van der Waals surface area contributed by atoms with Gasteiger partial charge in [0.25, 0.3) is 5.91 Å². The van der Waals surface area contributed by atoms with E-state index in [9.17, 15) is 9.59 Å². The molecule has 0 aromatic heterocycles. The Hall–Kier alpha value is -1.95. The highest BCUT2D eigenvalue weighted by Gasteiger charge is 2.34. The highest BCUT2D eigenvalue weighted by molar-refractivity contribution is 8.27. The van der Waals surface area contributed by atoms with Crippen LogP contribution in [0.4, 0.5) is 5.69 Å². The van der Waals surface area contributed by atoms with Gasteiger partial charge in [0.1, 0.15) is 6.29 Å². The number of hydrogen-bond donors (Lipinski definition) is 0. The van der Waals surface area contributed by atoms with Crippen molar-refractivity contribution in [3.8, 4) is 0 Å². The Morgan fingerprint density at radius 2 is 1.70 bits per heavy atom. The zero-order chi connectivity index (χ0) is 16.4. The molecule has 0 N–H and O–H groups in total. The Morgan fingerprint density at radius 3 is 2.35 bits per heavy atom. The van der Waals surface area contributed by atoms with Gasteiger partial charge in [-0.3, -0.25) is 14.5 Å². The van der Waals surface area contributed by atoms with Crippen LogP contribution in [0.3, 0.4) is 0 Å². The van der Waals surface area contributed by atoms with Crippen molar-refractivity contribution in [2.75, 3.05) is 4.90 Å². The minimum Gasteiger partial charge on any atom is -0.298 e. The van der Waals surface area contributed by atoms with Crippen LogP contribution in [0.25, 0.3) is 6.08 Å². The van der Waals surface area contributed by atoms with E-state index in [0.29, 0.717) is 25.5 Å². The number of hydrogen-bond acceptors (Lipinski definition) is 4. The van der Waals surface area contributed by atoms with Crippen molar-refractivity contribution in [2.24, 2.45) is 0 Å². The Kier molecular flexibility index (Phi) is 4.61. The first kappa shape index (κ1) is 15.9. The van der Waals surface area contributed by atoms with Crippen molar-refractivity contribution in [3.05, 3.63) is 69.6 Å². The molecule has 3 rings (SSSR count). The zero-order valence-corrected chi connectivity index (χ0v) is 14.1. The number of carbonyl (C=O) groups excluding carboxylic acids is 2. The lowest BCUT2D eigenvalue weighted by Gasteiger charge is -2.15. The predicted molar refractivity (Wildman–Crippen MR) is 98.9 cm³/mol. The minimum atomic E-state index is -0.201. The number of halogens is 1. The Labute approximate surface area is 147 Å². The summed E-state index contributed by atoms with van der Waals surface area (Å²) in [6, 6.07) is 14.1. The van der Waals surface area contributed by atoms with Gasteiger partial charge in [0.2, 0.25) is 0 Å². The molecule has 1 aliphatic heterocycles. The summed E-state index contributed by atoms with van der Waals surface area (Å²) in [4.78, 5) is 25.3. The van der Waals surface area contributed by atoms with Crippen LogP contribution in [0, 0.1) is 0 Å². The molecule has 0 aliphatic carbocycles. The van der Waals surface area contributed by atoms with E-state index in [1.165, 1.54) is 16.7 Å². The van der Waals surface area contributed by atoms with E-state index in [1.54, 1.807) is 48.5 Å². The molecule has 0 spiro atoms. The fourth-order valence-electron chi connectivity index (χ4n) is 2.13. The fraction of sp³-hybridized carbons (Fsp3) is 0. The summed E-state index contributed by atoms with van der Waals surface area (Å²) in [6.07, 6.45) is 2.53. The average Bonchev–Trinajstić information content (AvgIpc) is 2.83. The molecule has 1 heterocycles. The molecule has 0 bridgehead atoms. The maximum atomic E-state index is 12.6. The van der Waals surface area contributed by atoms with Crippen molar-refractivity contribution >= 4 is 63.9 Å². The number of anilines is 1. The molecular formula is C17H10ClNO2S2. The van der Waals surface area contributed by atoms with E-state index >= 15 is 0 Å². The maximum Gasteiger partial charge on any atom is 0.270 e. The van der Waals surface area contributed by atoms with E-state index in [0.717, 1.165) is 11.8 Å². The van der Waals surface area contributed by atoms with Crippen molar-refractivity contribution in [1.82, 2.24) is 0 Å². The van der Waals surface area contributed by atoms with Crippen LogP contribution < -0.4 is 4.90 Å². The molecule has 2 aromatic rings. The van der Waals surface area contributed by atoms with E-state index in [2.05, 4.69) is 0 Å². The second-order valence-electron chi connectivity index (χ2n) is 4.75. The number of amides is 1. The van der Waals surface area contributed by atoms with Gasteiger partial charge in [-0.25, -0.2) is 0 Å². The van der Waals surface area contributed by atoms with Crippen LogP contribution in [0.1, 0.15) is 15.9 Å². The Bertz CT molecular complexity index is 831. The first-order valence-corrected chi connectivity index (χ1v) is 8.28. The summed E-state index contributed by atoms with van der Waals surface area (Å²) in [7, 11) is 0. The summed E-state index contributed by atoms with van der Waals surface area (Å²) >= 11 is 12.7. The van der Waals surface area contributed by atoms with Crippen molar-refractivity contribution in [3.63, 3.8) is 0 Å². The normalized spacial score (nSPS) is 16.2. The van der Waals surface area contributed by atoms with Gasteiger partial charge in [-0.15, -0.1) is 0 Å². The van der Waals surface area contributed by atoms with Gasteiger partial charge in [0.15, 0.2) is 4.32 Å². The third-order valence-electron chi connectivity index (χ3n) is 3.26. The quantitative estimate of drug-likeness (QED) is 0.457. The second-order valence-corrected chi connectivity index (χ2v) is 6.84. The van der Waals surface area contributed by atoms with Crippen LogP contribution in [-0.2, 0) is 4.79 Å². The third kappa shape index (κ3) is 3.22. The van der Waals surface area contributed by atoms with Gasteiger partial charge < -0.3 is 0 Å². The van der Waals surface area contributed by atoms with Crippen LogP contribution in [0.5, 0.6) is 0 Å². The zero-order valence-electron chi connectivity index (χ0n) is 11.7. The molecular weight excluding hydrogens is 350 g/mol. The first-order valence-electron chi connectivity index (χ1n) is 6.68. The number of thioether (sulfide) groups is 1. The van der Waals surface area contributed by atoms with E-state index in [-0.39, 0.29) is 5.91 Å². The number of benzene rings is 2. The van der Waals surface area contributed by atoms with Gasteiger partial charge in [0, 0.05) is 5.56 Å². The molecule has 0 atom stereocenters. The summed E-state index contributed by atoms with van der Waals surface area (Å²) in [5, 5.41) is 0.473. The van der Waals surface area contributed by atoms with Gasteiger partial charge in [-0.1, -0.05) is 72.0 Å². The van der Waals surface area contributed by atoms with Crippen molar-refractivity contribution in [2.45, 2.75) is 0 Å². The van der Waals surface area contributed by atoms with Crippen LogP contribution in [0.15, 0.2) is 53.4 Å². The van der Waals surface area contributed by atoms with Crippen LogP contribution in [0.2, 0.25) is 5.02 Å². The lowest BCUT2D eigenvalue weighted by Crippen LogP contribution is -2.27. The molecule has 0 unspecified atom stereocenters. The van der Waals surface area contributed by atoms with Gasteiger partial charge in [0.05, 0.1) is 15.6 Å². The number of para-hydroxylation sites is 1. The van der Waals surface area contributed by atoms with Crippen LogP contribution >= 0.6 is 35.6 Å². The molecule has 1 saturated heterocycles. The van der Waals surface area contributed by atoms with E-state index in [1.807, 2.05) is 6.07 Å². The molecule has 0 saturated carbocycles. The molecule has 2 aromatic carbocycles. The molecule has 1 aliphatic rings. The third-order valence-corrected chi connectivity index (χ3v) is 4.88. The number of thiocarbonyl (C=S) groups is 1. The Morgan fingerprint density at radius 1 is 1.04 bits per heavy atom. The van der Waals surface area contributed by atoms with Gasteiger partial charge >= 0.3 is 0 Å². The van der Waals surface area contributed by atoms with E-state index < -0.39 is 0 Å². The average molecular weight is 360 g/mol. The lowest BCUT2D eigenvalue weighted by molar-refractivity contribution is -0.113. The number of carbonyl (C=O) groups is 2. The van der Waals surface area contributed by atoms with E-state index in [4.69, 9.17) is 23.8 Å². The first-order chi connectivity index (χ1) is 11.1. The van der Waals surface area contributed by atoms with Gasteiger partial charge in [-0.05, 0) is 23.8 Å². The molecule has 23 heavy (non-hydrogen) atoms. The summed E-state index contributed by atoms with van der Waals surface area (Å²) < 4.78 is 0.443. The second kappa shape index (κ2) is 6.66. The standard InChI is InChI=1S/C17H10ClNO2S2/c18-13-3-1-2-4-14(13)19-16(21)15(23-17(19)22)9-11-5-7-12(10-20)8-6-11/h1-10H/b15-9-. The van der Waals surface area contributed by atoms with Crippen molar-refractivity contribution in [1.29, 1.82) is 0 Å². The lowest BCUT2D eigenvalue weighted by atomic mass is 10.1. The summed E-state index contributed by atoms with van der Waals surface area (Å²) in [5.41, 5.74) is 2.00.